The summed E-state index contributed by atoms with van der Waals surface area (Å²) < 4.78 is 71.3. The maximum atomic E-state index is 14.2. The summed E-state index contributed by atoms with van der Waals surface area (Å²) in [5, 5.41) is 15.8. The highest BCUT2D eigenvalue weighted by atomic mass is 35.5. The average molecular weight is 617 g/mol. The van der Waals surface area contributed by atoms with E-state index >= 15 is 0 Å². The molecule has 0 aliphatic carbocycles. The van der Waals surface area contributed by atoms with Gasteiger partial charge in [-0.25, -0.2) is 13.6 Å². The van der Waals surface area contributed by atoms with Crippen molar-refractivity contribution in [3.63, 3.8) is 0 Å². The number of nitrogens with one attached hydrogen (secondary N) is 2. The van der Waals surface area contributed by atoms with Crippen LogP contribution in [0.4, 0.5) is 38.1 Å². The molecule has 3 heterocycles. The molecule has 0 radical (unpaired) electrons. The Bertz CT molecular complexity index is 1900. The third kappa shape index (κ3) is 4.61. The SMILES string of the molecule is O=C1N[C@@H](c2cc(F)ccc2Cl)c2c(NC(=O)N3C[C@](O)(C(F)(F)F)c4cc(F)ccc43)cc(-n3ccccc3=O)cc21. The van der Waals surface area contributed by atoms with Crippen LogP contribution in [0.2, 0.25) is 5.02 Å². The number of benzene rings is 3. The number of nitrogens with zero attached hydrogens (tertiary/aromatic N) is 2. The van der Waals surface area contributed by atoms with Gasteiger partial charge in [0.15, 0.2) is 0 Å². The monoisotopic (exact) mass is 616 g/mol. The molecule has 0 fully saturated rings. The molecule has 220 valence electrons. The van der Waals surface area contributed by atoms with Crippen LogP contribution in [0.15, 0.2) is 77.7 Å². The first-order valence-corrected chi connectivity index (χ1v) is 13.0. The molecule has 0 saturated heterocycles. The van der Waals surface area contributed by atoms with Crippen LogP contribution < -0.4 is 21.1 Å². The number of urea groups is 1. The number of fused-ring (bicyclic) bond motifs is 2. The summed E-state index contributed by atoms with van der Waals surface area (Å²) in [6.07, 6.45) is -3.87. The number of aromatic nitrogens is 1. The van der Waals surface area contributed by atoms with Crippen LogP contribution >= 0.6 is 11.6 Å². The van der Waals surface area contributed by atoms with Gasteiger partial charge >= 0.3 is 12.2 Å². The highest BCUT2D eigenvalue weighted by Gasteiger charge is 2.61. The number of amides is 3. The first kappa shape index (κ1) is 28.4. The van der Waals surface area contributed by atoms with Gasteiger partial charge in [0.1, 0.15) is 11.6 Å². The number of hydrogen-bond acceptors (Lipinski definition) is 4. The zero-order valence-corrected chi connectivity index (χ0v) is 22.3. The van der Waals surface area contributed by atoms with Crippen molar-refractivity contribution in [3.8, 4) is 5.69 Å². The molecule has 0 spiro atoms. The van der Waals surface area contributed by atoms with Crippen molar-refractivity contribution >= 4 is 34.9 Å². The van der Waals surface area contributed by atoms with E-state index < -0.39 is 64.7 Å². The number of carbonyl (C=O) groups is 2. The predicted octanol–water partition coefficient (Wildman–Crippen LogP) is 5.40. The number of aliphatic hydroxyl groups is 1. The van der Waals surface area contributed by atoms with E-state index in [1.807, 2.05) is 0 Å². The van der Waals surface area contributed by atoms with Crippen LogP contribution in [0.25, 0.3) is 5.69 Å². The molecule has 1 aromatic heterocycles. The molecule has 0 bridgehead atoms. The Balaban J connectivity index is 1.50. The zero-order valence-electron chi connectivity index (χ0n) is 21.5. The largest absolute Gasteiger partial charge is 0.423 e. The Kier molecular flexibility index (Phi) is 6.54. The fourth-order valence-corrected chi connectivity index (χ4v) is 5.58. The van der Waals surface area contributed by atoms with E-state index in [0.29, 0.717) is 11.0 Å². The van der Waals surface area contributed by atoms with Crippen molar-refractivity contribution in [2.24, 2.45) is 0 Å². The van der Waals surface area contributed by atoms with Crippen LogP contribution in [0.5, 0.6) is 0 Å². The fraction of sp³-hybridized carbons (Fsp3) is 0.138. The van der Waals surface area contributed by atoms with Crippen molar-refractivity contribution in [2.45, 2.75) is 17.8 Å². The quantitative estimate of drug-likeness (QED) is 0.268. The summed E-state index contributed by atoms with van der Waals surface area (Å²) in [6, 6.07) is 10.4. The van der Waals surface area contributed by atoms with E-state index in [4.69, 9.17) is 11.6 Å². The van der Waals surface area contributed by atoms with E-state index in [1.165, 1.54) is 41.1 Å². The van der Waals surface area contributed by atoms with Gasteiger partial charge < -0.3 is 15.7 Å². The average Bonchev–Trinajstić information content (AvgIpc) is 3.45. The number of halogens is 6. The predicted molar refractivity (Wildman–Crippen MR) is 145 cm³/mol. The van der Waals surface area contributed by atoms with Gasteiger partial charge in [0.25, 0.3) is 11.5 Å². The van der Waals surface area contributed by atoms with E-state index in [-0.39, 0.29) is 33.1 Å². The Morgan fingerprint density at radius 2 is 1.74 bits per heavy atom. The number of alkyl halides is 3. The van der Waals surface area contributed by atoms with Gasteiger partial charge in [0.2, 0.25) is 5.60 Å². The van der Waals surface area contributed by atoms with Gasteiger partial charge in [-0.2, -0.15) is 13.2 Å². The van der Waals surface area contributed by atoms with Crippen LogP contribution in [0.3, 0.4) is 0 Å². The molecule has 2 aliphatic heterocycles. The highest BCUT2D eigenvalue weighted by molar-refractivity contribution is 6.31. The standard InChI is InChI=1S/C29H18ClF5N4O4/c30-20-6-4-14(31)9-17(20)25-24-18(26(41)37-25)11-16(38-8-2-1-3-23(38)40)12-21(24)36-27(42)39-13-28(43,29(33,34)35)19-10-15(32)5-7-22(19)39/h1-12,25,43H,13H2,(H,36,42)(H,37,41)/t25-,28+/m0/s1. The van der Waals surface area contributed by atoms with E-state index in [1.54, 1.807) is 6.07 Å². The van der Waals surface area contributed by atoms with Crippen LogP contribution in [0.1, 0.15) is 33.1 Å². The number of rotatable bonds is 3. The minimum absolute atomic E-state index is 0.0235. The maximum Gasteiger partial charge on any atom is 0.423 e. The van der Waals surface area contributed by atoms with Gasteiger partial charge in [-0.15, -0.1) is 0 Å². The van der Waals surface area contributed by atoms with Crippen LogP contribution in [-0.4, -0.2) is 34.3 Å². The Morgan fingerprint density at radius 1 is 1.02 bits per heavy atom. The number of anilines is 2. The molecule has 2 atom stereocenters. The molecule has 8 nitrogen and oxygen atoms in total. The second kappa shape index (κ2) is 9.92. The summed E-state index contributed by atoms with van der Waals surface area (Å²) in [7, 11) is 0. The summed E-state index contributed by atoms with van der Waals surface area (Å²) in [4.78, 5) is 39.9. The lowest BCUT2D eigenvalue weighted by molar-refractivity contribution is -0.258. The Morgan fingerprint density at radius 3 is 2.47 bits per heavy atom. The molecule has 43 heavy (non-hydrogen) atoms. The third-order valence-electron chi connectivity index (χ3n) is 7.38. The highest BCUT2D eigenvalue weighted by Crippen LogP contribution is 2.49. The first-order chi connectivity index (χ1) is 20.3. The molecule has 14 heteroatoms. The maximum absolute atomic E-state index is 14.2. The van der Waals surface area contributed by atoms with Gasteiger partial charge in [0.05, 0.1) is 29.6 Å². The van der Waals surface area contributed by atoms with Crippen molar-refractivity contribution in [3.05, 3.63) is 122 Å². The van der Waals surface area contributed by atoms with Crippen molar-refractivity contribution in [2.75, 3.05) is 16.8 Å². The fourth-order valence-electron chi connectivity index (χ4n) is 5.35. The molecule has 0 saturated carbocycles. The molecule has 3 aromatic carbocycles. The molecule has 3 amide bonds. The number of hydrogen-bond donors (Lipinski definition) is 3. The molecule has 2 aliphatic rings. The number of β-amino-alcohol motifs (C(OH)–C–C–N with tert-alkyl or cyclic N) is 1. The normalized spacial score (nSPS) is 19.2. The molecule has 6 rings (SSSR count). The summed E-state index contributed by atoms with van der Waals surface area (Å²) in [6.45, 7) is -1.29. The molecule has 0 unspecified atom stereocenters. The second-order valence-electron chi connectivity index (χ2n) is 9.97. The van der Waals surface area contributed by atoms with Gasteiger partial charge in [-0.3, -0.25) is 19.1 Å². The third-order valence-corrected chi connectivity index (χ3v) is 7.73. The lowest BCUT2D eigenvalue weighted by atomic mass is 9.95. The minimum Gasteiger partial charge on any atom is -0.375 e. The van der Waals surface area contributed by atoms with Crippen LogP contribution in [0, 0.1) is 11.6 Å². The van der Waals surface area contributed by atoms with Crippen LogP contribution in [-0.2, 0) is 5.60 Å². The van der Waals surface area contributed by atoms with Crippen molar-refractivity contribution < 1.29 is 36.6 Å². The summed E-state index contributed by atoms with van der Waals surface area (Å²) in [5.74, 6) is -2.38. The zero-order chi connectivity index (χ0) is 30.8. The minimum atomic E-state index is -5.27. The molecular weight excluding hydrogens is 599 g/mol. The summed E-state index contributed by atoms with van der Waals surface area (Å²) >= 11 is 6.32. The smallest absolute Gasteiger partial charge is 0.375 e. The number of carbonyl (C=O) groups excluding carboxylic acids is 2. The second-order valence-corrected chi connectivity index (χ2v) is 10.4. The van der Waals surface area contributed by atoms with Gasteiger partial charge in [0, 0.05) is 39.5 Å². The molecular formula is C29H18ClF5N4O4. The molecule has 4 aromatic rings. The van der Waals surface area contributed by atoms with Gasteiger partial charge in [-0.1, -0.05) is 17.7 Å². The summed E-state index contributed by atoms with van der Waals surface area (Å²) in [5.41, 5.74) is -5.11. The van der Waals surface area contributed by atoms with E-state index in [9.17, 15) is 41.4 Å². The topological polar surface area (TPSA) is 104 Å². The number of pyridine rings is 1. The van der Waals surface area contributed by atoms with E-state index in [0.717, 1.165) is 24.3 Å². The Hall–Kier alpha value is -4.75. The van der Waals surface area contributed by atoms with Gasteiger partial charge in [-0.05, 0) is 54.6 Å². The van der Waals surface area contributed by atoms with E-state index in [2.05, 4.69) is 10.6 Å². The lowest BCUT2D eigenvalue weighted by Crippen LogP contribution is -2.48. The van der Waals surface area contributed by atoms with Crippen molar-refractivity contribution in [1.82, 2.24) is 9.88 Å². The lowest BCUT2D eigenvalue weighted by Gasteiger charge is -2.27. The molecule has 3 N–H and O–H groups in total. The first-order valence-electron chi connectivity index (χ1n) is 12.6. The Labute approximate surface area is 243 Å². The van der Waals surface area contributed by atoms with Crippen molar-refractivity contribution in [1.29, 1.82) is 0 Å².